The van der Waals surface area contributed by atoms with Crippen molar-refractivity contribution in [2.75, 3.05) is 18.6 Å². The highest BCUT2D eigenvalue weighted by molar-refractivity contribution is 7.91. The molecule has 0 saturated carbocycles. The highest BCUT2D eigenvalue weighted by Gasteiger charge is 2.59. The zero-order valence-corrected chi connectivity index (χ0v) is 7.80. The fourth-order valence-corrected chi connectivity index (χ4v) is 3.42. The van der Waals surface area contributed by atoms with Crippen LogP contribution < -0.4 is 5.32 Å². The molecule has 0 bridgehead atoms. The van der Waals surface area contributed by atoms with Crippen LogP contribution in [0.4, 0.5) is 13.2 Å². The molecule has 1 saturated heterocycles. The van der Waals surface area contributed by atoms with Gasteiger partial charge in [-0.05, 0) is 13.5 Å². The van der Waals surface area contributed by atoms with Gasteiger partial charge in [-0.25, -0.2) is 8.42 Å². The lowest BCUT2D eigenvalue weighted by atomic mass is 9.99. The molecule has 0 spiro atoms. The molecular formula is C6H10F3NO2S. The first kappa shape index (κ1) is 10.8. The standard InChI is InChI=1S/C6H10F3NO2S/c1-10-5(6(7,8)9)2-3-13(11,12)4-5/h10H,2-4H2,1H3. The predicted octanol–water partition coefficient (Wildman–Crippen LogP) is 0.325. The monoisotopic (exact) mass is 217 g/mol. The van der Waals surface area contributed by atoms with E-state index in [0.717, 1.165) is 7.05 Å². The SMILES string of the molecule is CNC1(C(F)(F)F)CCS(=O)(=O)C1. The number of rotatable bonds is 1. The zero-order chi connectivity index (χ0) is 10.3. The summed E-state index contributed by atoms with van der Waals surface area (Å²) in [6.07, 6.45) is -4.90. The average molecular weight is 217 g/mol. The van der Waals surface area contributed by atoms with Gasteiger partial charge < -0.3 is 5.32 Å². The van der Waals surface area contributed by atoms with Gasteiger partial charge in [-0.3, -0.25) is 0 Å². The minimum atomic E-state index is -4.51. The van der Waals surface area contributed by atoms with Gasteiger partial charge in [0.2, 0.25) is 0 Å². The topological polar surface area (TPSA) is 46.2 Å². The third-order valence-corrected chi connectivity index (χ3v) is 4.09. The third kappa shape index (κ3) is 1.80. The maximum atomic E-state index is 12.4. The van der Waals surface area contributed by atoms with Gasteiger partial charge in [0.05, 0.1) is 11.5 Å². The highest BCUT2D eigenvalue weighted by atomic mass is 32.2. The number of nitrogens with one attached hydrogen (secondary N) is 1. The number of hydrogen-bond donors (Lipinski definition) is 1. The zero-order valence-electron chi connectivity index (χ0n) is 6.98. The van der Waals surface area contributed by atoms with Crippen LogP contribution in [0.2, 0.25) is 0 Å². The van der Waals surface area contributed by atoms with Gasteiger partial charge >= 0.3 is 6.18 Å². The third-order valence-electron chi connectivity index (χ3n) is 2.33. The fraction of sp³-hybridized carbons (Fsp3) is 1.00. The first-order chi connectivity index (χ1) is 5.72. The molecule has 0 aromatic heterocycles. The molecule has 1 N–H and O–H groups in total. The molecule has 78 valence electrons. The van der Waals surface area contributed by atoms with E-state index >= 15 is 0 Å². The molecule has 1 aliphatic heterocycles. The van der Waals surface area contributed by atoms with Crippen molar-refractivity contribution in [1.82, 2.24) is 5.32 Å². The van der Waals surface area contributed by atoms with Crippen molar-refractivity contribution in [3.8, 4) is 0 Å². The number of hydrogen-bond acceptors (Lipinski definition) is 3. The molecule has 1 fully saturated rings. The van der Waals surface area contributed by atoms with Gasteiger partial charge in [-0.15, -0.1) is 0 Å². The summed E-state index contributed by atoms with van der Waals surface area (Å²) in [5, 5.41) is 2.07. The molecule has 1 aliphatic rings. The van der Waals surface area contributed by atoms with Gasteiger partial charge in [-0.2, -0.15) is 13.2 Å². The van der Waals surface area contributed by atoms with Crippen LogP contribution in [0.1, 0.15) is 6.42 Å². The minimum absolute atomic E-state index is 0.394. The molecule has 13 heavy (non-hydrogen) atoms. The summed E-state index contributed by atoms with van der Waals surface area (Å²) in [5.41, 5.74) is -2.23. The lowest BCUT2D eigenvalue weighted by Crippen LogP contribution is -2.56. The van der Waals surface area contributed by atoms with Crippen molar-refractivity contribution in [3.05, 3.63) is 0 Å². The van der Waals surface area contributed by atoms with E-state index in [0.29, 0.717) is 0 Å². The fourth-order valence-electron chi connectivity index (χ4n) is 1.41. The largest absolute Gasteiger partial charge is 0.407 e. The van der Waals surface area contributed by atoms with Crippen LogP contribution in [0.3, 0.4) is 0 Å². The lowest BCUT2D eigenvalue weighted by molar-refractivity contribution is -0.187. The summed E-state index contributed by atoms with van der Waals surface area (Å²) < 4.78 is 59.1. The Bertz CT molecular complexity index is 297. The van der Waals surface area contributed by atoms with E-state index < -0.39 is 39.5 Å². The molecule has 7 heteroatoms. The van der Waals surface area contributed by atoms with E-state index in [-0.39, 0.29) is 0 Å². The molecule has 3 nitrogen and oxygen atoms in total. The molecule has 0 aliphatic carbocycles. The van der Waals surface area contributed by atoms with Crippen LogP contribution >= 0.6 is 0 Å². The summed E-state index contributed by atoms with van der Waals surface area (Å²) in [6, 6.07) is 0. The van der Waals surface area contributed by atoms with Gasteiger partial charge in [-0.1, -0.05) is 0 Å². The van der Waals surface area contributed by atoms with Crippen molar-refractivity contribution in [2.24, 2.45) is 0 Å². The number of halogens is 3. The van der Waals surface area contributed by atoms with E-state index in [9.17, 15) is 21.6 Å². The molecule has 0 aromatic carbocycles. The summed E-state index contributed by atoms with van der Waals surface area (Å²) in [5.74, 6) is -1.24. The number of sulfone groups is 1. The van der Waals surface area contributed by atoms with Gasteiger partial charge in [0.25, 0.3) is 0 Å². The highest BCUT2D eigenvalue weighted by Crippen LogP contribution is 2.38. The molecule has 1 unspecified atom stereocenters. The predicted molar refractivity (Wildman–Crippen MR) is 41.1 cm³/mol. The maximum Gasteiger partial charge on any atom is 0.407 e. The van der Waals surface area contributed by atoms with Crippen molar-refractivity contribution >= 4 is 9.84 Å². The molecule has 0 amide bonds. The molecule has 0 radical (unpaired) electrons. The van der Waals surface area contributed by atoms with Gasteiger partial charge in [0.1, 0.15) is 5.54 Å². The Hall–Kier alpha value is -0.300. The van der Waals surface area contributed by atoms with Crippen LogP contribution in [0.15, 0.2) is 0 Å². The first-order valence-corrected chi connectivity index (χ1v) is 5.51. The van der Waals surface area contributed by atoms with E-state index in [1.165, 1.54) is 0 Å². The van der Waals surface area contributed by atoms with Crippen molar-refractivity contribution in [3.63, 3.8) is 0 Å². The second-order valence-electron chi connectivity index (χ2n) is 3.17. The average Bonchev–Trinajstić information content (AvgIpc) is 2.26. The Morgan fingerprint density at radius 1 is 1.38 bits per heavy atom. The smallest absolute Gasteiger partial charge is 0.306 e. The maximum absolute atomic E-state index is 12.4. The van der Waals surface area contributed by atoms with Gasteiger partial charge in [0, 0.05) is 0 Å². The van der Waals surface area contributed by atoms with Crippen molar-refractivity contribution < 1.29 is 21.6 Å². The summed E-state index contributed by atoms with van der Waals surface area (Å²) in [6.45, 7) is 0. The van der Waals surface area contributed by atoms with Crippen LogP contribution in [0.5, 0.6) is 0 Å². The normalized spacial score (nSPS) is 33.5. The van der Waals surface area contributed by atoms with Crippen LogP contribution in [-0.2, 0) is 9.84 Å². The molecule has 1 rings (SSSR count). The second-order valence-corrected chi connectivity index (χ2v) is 5.36. The Balaban J connectivity index is 3.00. The molecule has 1 atom stereocenters. The second kappa shape index (κ2) is 2.84. The molecule has 0 aromatic rings. The summed E-state index contributed by atoms with van der Waals surface area (Å²) in [4.78, 5) is 0. The quantitative estimate of drug-likeness (QED) is 0.688. The summed E-state index contributed by atoms with van der Waals surface area (Å²) >= 11 is 0. The van der Waals surface area contributed by atoms with E-state index in [1.54, 1.807) is 0 Å². The molecular weight excluding hydrogens is 207 g/mol. The minimum Gasteiger partial charge on any atom is -0.306 e. The Labute approximate surface area is 74.2 Å². The van der Waals surface area contributed by atoms with Crippen LogP contribution in [-0.4, -0.2) is 38.7 Å². The molecule has 1 heterocycles. The van der Waals surface area contributed by atoms with Crippen molar-refractivity contribution in [1.29, 1.82) is 0 Å². The Morgan fingerprint density at radius 3 is 2.08 bits per heavy atom. The van der Waals surface area contributed by atoms with Crippen molar-refractivity contribution in [2.45, 2.75) is 18.1 Å². The van der Waals surface area contributed by atoms with E-state index in [4.69, 9.17) is 0 Å². The number of alkyl halides is 3. The first-order valence-electron chi connectivity index (χ1n) is 3.68. The Morgan fingerprint density at radius 2 is 1.92 bits per heavy atom. The van der Waals surface area contributed by atoms with Crippen LogP contribution in [0, 0.1) is 0 Å². The van der Waals surface area contributed by atoms with Gasteiger partial charge in [0.15, 0.2) is 9.84 Å². The lowest BCUT2D eigenvalue weighted by Gasteiger charge is -2.29. The van der Waals surface area contributed by atoms with E-state index in [1.807, 2.05) is 0 Å². The van der Waals surface area contributed by atoms with Crippen LogP contribution in [0.25, 0.3) is 0 Å². The Kier molecular flexibility index (Phi) is 2.36. The summed E-state index contributed by atoms with van der Waals surface area (Å²) in [7, 11) is -2.40. The van der Waals surface area contributed by atoms with E-state index in [2.05, 4.69) is 5.32 Å².